The maximum Gasteiger partial charge on any atom is 0.0946 e. The Labute approximate surface area is 59.9 Å². The average Bonchev–Trinajstić information content (AvgIpc) is 2.42. The third-order valence-corrected chi connectivity index (χ3v) is 1.94. The van der Waals surface area contributed by atoms with Crippen LogP contribution in [0.1, 0.15) is 18.0 Å². The molecule has 3 heteroatoms. The van der Waals surface area contributed by atoms with Crippen LogP contribution in [0.5, 0.6) is 0 Å². The molecule has 0 aliphatic heterocycles. The van der Waals surface area contributed by atoms with Crippen molar-refractivity contribution in [3.8, 4) is 0 Å². The Bertz CT molecular complexity index is 241. The van der Waals surface area contributed by atoms with Crippen LogP contribution in [0.15, 0.2) is 12.5 Å². The highest BCUT2D eigenvalue weighted by Crippen LogP contribution is 2.37. The van der Waals surface area contributed by atoms with Gasteiger partial charge in [-0.1, -0.05) is 0 Å². The topological polar surface area (TPSA) is 43.8 Å². The van der Waals surface area contributed by atoms with Gasteiger partial charge in [-0.25, -0.2) is 4.98 Å². The van der Waals surface area contributed by atoms with Gasteiger partial charge in [0.05, 0.1) is 12.0 Å². The Hall–Kier alpha value is -0.830. The van der Waals surface area contributed by atoms with Crippen LogP contribution in [0.3, 0.4) is 0 Å². The number of rotatable bonds is 1. The second-order valence-electron chi connectivity index (χ2n) is 2.97. The van der Waals surface area contributed by atoms with E-state index in [-0.39, 0.29) is 0 Å². The van der Waals surface area contributed by atoms with Crippen molar-refractivity contribution in [3.05, 3.63) is 18.2 Å². The summed E-state index contributed by atoms with van der Waals surface area (Å²) in [6.45, 7) is 0. The molecule has 0 bridgehead atoms. The first-order valence-electron chi connectivity index (χ1n) is 3.51. The molecule has 0 radical (unpaired) electrons. The molecule has 2 rings (SSSR count). The van der Waals surface area contributed by atoms with E-state index < -0.39 is 0 Å². The van der Waals surface area contributed by atoms with Gasteiger partial charge in [-0.3, -0.25) is 0 Å². The van der Waals surface area contributed by atoms with Gasteiger partial charge in [0.1, 0.15) is 0 Å². The van der Waals surface area contributed by atoms with E-state index in [1.807, 2.05) is 24.1 Å². The fourth-order valence-electron chi connectivity index (χ4n) is 1.18. The lowest BCUT2D eigenvalue weighted by Crippen LogP contribution is -2.00. The fourth-order valence-corrected chi connectivity index (χ4v) is 1.18. The molecule has 1 aromatic rings. The minimum absolute atomic E-state index is 0.370. The summed E-state index contributed by atoms with van der Waals surface area (Å²) < 4.78 is 1.96. The lowest BCUT2D eigenvalue weighted by molar-refractivity contribution is 0.909. The Morgan fingerprint density at radius 3 is 2.90 bits per heavy atom. The van der Waals surface area contributed by atoms with E-state index in [1.165, 1.54) is 0 Å². The predicted octanol–water partition coefficient (Wildman–Crippen LogP) is 0.235. The van der Waals surface area contributed by atoms with Gasteiger partial charge in [0.2, 0.25) is 0 Å². The third kappa shape index (κ3) is 0.827. The van der Waals surface area contributed by atoms with Crippen molar-refractivity contribution >= 4 is 0 Å². The van der Waals surface area contributed by atoms with Gasteiger partial charge in [0, 0.05) is 25.2 Å². The van der Waals surface area contributed by atoms with Crippen LogP contribution in [0.2, 0.25) is 0 Å². The highest BCUT2D eigenvalue weighted by Gasteiger charge is 2.36. The van der Waals surface area contributed by atoms with E-state index in [2.05, 4.69) is 4.98 Å². The highest BCUT2D eigenvalue weighted by molar-refractivity contribution is 5.17. The van der Waals surface area contributed by atoms with Crippen molar-refractivity contribution in [2.75, 3.05) is 0 Å². The molecule has 0 amide bonds. The van der Waals surface area contributed by atoms with Crippen molar-refractivity contribution in [2.45, 2.75) is 18.4 Å². The molecule has 0 saturated heterocycles. The molecule has 1 aliphatic rings. The van der Waals surface area contributed by atoms with Crippen LogP contribution in [-0.2, 0) is 7.05 Å². The number of aromatic nitrogens is 2. The second-order valence-corrected chi connectivity index (χ2v) is 2.97. The molecular formula is C7H11N3. The SMILES string of the molecule is Cn1cnc([C@@H]2C[C@H]2N)c1. The zero-order valence-electron chi connectivity index (χ0n) is 5.99. The van der Waals surface area contributed by atoms with E-state index in [1.54, 1.807) is 0 Å². The summed E-state index contributed by atoms with van der Waals surface area (Å²) in [5, 5.41) is 0. The third-order valence-electron chi connectivity index (χ3n) is 1.94. The Morgan fingerprint density at radius 1 is 1.80 bits per heavy atom. The second kappa shape index (κ2) is 1.83. The first kappa shape index (κ1) is 5.92. The molecule has 0 aromatic carbocycles. The maximum absolute atomic E-state index is 5.66. The number of aryl methyl sites for hydroxylation is 1. The summed E-state index contributed by atoms with van der Waals surface area (Å²) in [5.74, 6) is 0.543. The van der Waals surface area contributed by atoms with Crippen molar-refractivity contribution in [1.29, 1.82) is 0 Å². The van der Waals surface area contributed by atoms with Gasteiger partial charge < -0.3 is 10.3 Å². The molecule has 1 aromatic heterocycles. The summed E-state index contributed by atoms with van der Waals surface area (Å²) in [7, 11) is 1.98. The number of nitrogens with two attached hydrogens (primary N) is 1. The monoisotopic (exact) mass is 137 g/mol. The summed E-state index contributed by atoms with van der Waals surface area (Å²) in [6, 6.07) is 0.370. The molecule has 1 heterocycles. The van der Waals surface area contributed by atoms with Crippen molar-refractivity contribution < 1.29 is 0 Å². The number of imidazole rings is 1. The first-order chi connectivity index (χ1) is 4.77. The molecule has 1 aliphatic carbocycles. The molecule has 54 valence electrons. The number of hydrogen-bond donors (Lipinski definition) is 1. The summed E-state index contributed by atoms with van der Waals surface area (Å²) in [6.07, 6.45) is 4.97. The fraction of sp³-hybridized carbons (Fsp3) is 0.571. The number of nitrogens with zero attached hydrogens (tertiary/aromatic N) is 2. The van der Waals surface area contributed by atoms with E-state index >= 15 is 0 Å². The van der Waals surface area contributed by atoms with Gasteiger partial charge in [0.15, 0.2) is 0 Å². The van der Waals surface area contributed by atoms with Crippen LogP contribution >= 0.6 is 0 Å². The van der Waals surface area contributed by atoms with E-state index in [0.717, 1.165) is 12.1 Å². The quantitative estimate of drug-likeness (QED) is 0.602. The van der Waals surface area contributed by atoms with Gasteiger partial charge in [-0.2, -0.15) is 0 Å². The smallest absolute Gasteiger partial charge is 0.0946 e. The van der Waals surface area contributed by atoms with Crippen molar-refractivity contribution in [1.82, 2.24) is 9.55 Å². The van der Waals surface area contributed by atoms with E-state index in [9.17, 15) is 0 Å². The lowest BCUT2D eigenvalue weighted by Gasteiger charge is -1.86. The summed E-state index contributed by atoms with van der Waals surface area (Å²) >= 11 is 0. The molecule has 0 spiro atoms. The van der Waals surface area contributed by atoms with E-state index in [0.29, 0.717) is 12.0 Å². The number of hydrogen-bond acceptors (Lipinski definition) is 2. The van der Waals surface area contributed by atoms with Gasteiger partial charge in [0.25, 0.3) is 0 Å². The Kier molecular flexibility index (Phi) is 1.08. The van der Waals surface area contributed by atoms with Crippen LogP contribution in [-0.4, -0.2) is 15.6 Å². The predicted molar refractivity (Wildman–Crippen MR) is 38.5 cm³/mol. The van der Waals surface area contributed by atoms with E-state index in [4.69, 9.17) is 5.73 Å². The summed E-state index contributed by atoms with van der Waals surface area (Å²) in [4.78, 5) is 4.21. The normalized spacial score (nSPS) is 30.6. The highest BCUT2D eigenvalue weighted by atomic mass is 15.0. The van der Waals surface area contributed by atoms with Gasteiger partial charge in [-0.05, 0) is 6.42 Å². The zero-order valence-corrected chi connectivity index (χ0v) is 5.99. The zero-order chi connectivity index (χ0) is 7.14. The maximum atomic E-state index is 5.66. The molecule has 3 nitrogen and oxygen atoms in total. The molecular weight excluding hydrogens is 126 g/mol. The summed E-state index contributed by atoms with van der Waals surface area (Å²) in [5.41, 5.74) is 6.81. The molecule has 0 unspecified atom stereocenters. The standard InChI is InChI=1S/C7H11N3/c1-10-3-7(9-4-10)5-2-6(5)8/h3-6H,2,8H2,1H3/t5-,6-/m1/s1. The van der Waals surface area contributed by atoms with Gasteiger partial charge >= 0.3 is 0 Å². The van der Waals surface area contributed by atoms with Crippen LogP contribution < -0.4 is 5.73 Å². The average molecular weight is 137 g/mol. The molecule has 2 N–H and O–H groups in total. The Morgan fingerprint density at radius 2 is 2.50 bits per heavy atom. The van der Waals surface area contributed by atoms with Crippen molar-refractivity contribution in [3.63, 3.8) is 0 Å². The molecule has 10 heavy (non-hydrogen) atoms. The van der Waals surface area contributed by atoms with Crippen molar-refractivity contribution in [2.24, 2.45) is 12.8 Å². The van der Waals surface area contributed by atoms with Crippen LogP contribution in [0, 0.1) is 0 Å². The molecule has 1 fully saturated rings. The largest absolute Gasteiger partial charge is 0.340 e. The van der Waals surface area contributed by atoms with Crippen LogP contribution in [0.25, 0.3) is 0 Å². The first-order valence-corrected chi connectivity index (χ1v) is 3.51. The minimum atomic E-state index is 0.370. The van der Waals surface area contributed by atoms with Crippen LogP contribution in [0.4, 0.5) is 0 Å². The molecule has 1 saturated carbocycles. The van der Waals surface area contributed by atoms with Gasteiger partial charge in [-0.15, -0.1) is 0 Å². The molecule has 2 atom stereocenters. The minimum Gasteiger partial charge on any atom is -0.340 e. The Balaban J connectivity index is 2.20. The lowest BCUT2D eigenvalue weighted by atomic mass is 10.3.